The fourth-order valence-electron chi connectivity index (χ4n) is 3.39. The molecular formula is C21H27NO3S. The standard InChI is InChI=1S/C21H27NO3S/c1-3-15(2)25-18-11-9-16(10-12-18)13-19-20(23)22(21(24)26-19)14-17-7-5-4-6-8-17/h9-13,15,17H,3-8,14H2,1-2H3/b19-13+/t15-/m0/s1. The van der Waals surface area contributed by atoms with Gasteiger partial charge < -0.3 is 4.74 Å². The highest BCUT2D eigenvalue weighted by atomic mass is 32.2. The Morgan fingerprint density at radius 2 is 1.88 bits per heavy atom. The number of carbonyl (C=O) groups excluding carboxylic acids is 2. The van der Waals surface area contributed by atoms with Crippen molar-refractivity contribution in [1.29, 1.82) is 0 Å². The van der Waals surface area contributed by atoms with Gasteiger partial charge in [0.25, 0.3) is 11.1 Å². The van der Waals surface area contributed by atoms with E-state index in [1.54, 1.807) is 6.08 Å². The molecule has 1 aliphatic carbocycles. The molecule has 0 unspecified atom stereocenters. The monoisotopic (exact) mass is 373 g/mol. The van der Waals surface area contributed by atoms with Gasteiger partial charge in [-0.3, -0.25) is 14.5 Å². The van der Waals surface area contributed by atoms with Crippen LogP contribution in [0.2, 0.25) is 0 Å². The van der Waals surface area contributed by atoms with Crippen LogP contribution in [0.25, 0.3) is 6.08 Å². The van der Waals surface area contributed by atoms with Crippen molar-refractivity contribution in [2.24, 2.45) is 5.92 Å². The SMILES string of the molecule is CC[C@H](C)Oc1ccc(/C=C2/SC(=O)N(CC3CCCCC3)C2=O)cc1. The van der Waals surface area contributed by atoms with Crippen molar-refractivity contribution < 1.29 is 14.3 Å². The molecule has 0 aromatic heterocycles. The Kier molecular flexibility index (Phi) is 6.41. The number of thioether (sulfide) groups is 1. The van der Waals surface area contributed by atoms with Crippen LogP contribution in [-0.2, 0) is 4.79 Å². The summed E-state index contributed by atoms with van der Waals surface area (Å²) < 4.78 is 5.77. The molecule has 3 rings (SSSR count). The Morgan fingerprint density at radius 1 is 1.19 bits per heavy atom. The molecule has 2 fully saturated rings. The van der Waals surface area contributed by atoms with Crippen LogP contribution in [0.5, 0.6) is 5.75 Å². The van der Waals surface area contributed by atoms with E-state index < -0.39 is 0 Å². The number of carbonyl (C=O) groups is 2. The molecule has 0 spiro atoms. The minimum atomic E-state index is -0.148. The van der Waals surface area contributed by atoms with Crippen LogP contribution in [0.1, 0.15) is 57.9 Å². The maximum absolute atomic E-state index is 12.6. The van der Waals surface area contributed by atoms with E-state index >= 15 is 0 Å². The molecule has 1 saturated heterocycles. The fourth-order valence-corrected chi connectivity index (χ4v) is 4.24. The number of hydrogen-bond donors (Lipinski definition) is 0. The lowest BCUT2D eigenvalue weighted by Gasteiger charge is -2.25. The zero-order valence-corrected chi connectivity index (χ0v) is 16.4. The summed E-state index contributed by atoms with van der Waals surface area (Å²) in [5.41, 5.74) is 0.907. The van der Waals surface area contributed by atoms with Crippen LogP contribution < -0.4 is 4.74 Å². The van der Waals surface area contributed by atoms with E-state index in [0.29, 0.717) is 17.4 Å². The maximum Gasteiger partial charge on any atom is 0.293 e. The molecule has 4 nitrogen and oxygen atoms in total. The molecule has 1 atom stereocenters. The predicted octanol–water partition coefficient (Wildman–Crippen LogP) is 5.48. The summed E-state index contributed by atoms with van der Waals surface area (Å²) in [6.07, 6.45) is 8.88. The quantitative estimate of drug-likeness (QED) is 0.619. The third kappa shape index (κ3) is 4.70. The van der Waals surface area contributed by atoms with Gasteiger partial charge in [-0.2, -0.15) is 0 Å². The van der Waals surface area contributed by atoms with E-state index in [0.717, 1.165) is 42.3 Å². The first-order valence-corrected chi connectivity index (χ1v) is 10.4. The van der Waals surface area contributed by atoms with Crippen LogP contribution in [0.3, 0.4) is 0 Å². The van der Waals surface area contributed by atoms with Crippen LogP contribution in [0.15, 0.2) is 29.2 Å². The normalized spacial score (nSPS) is 21.5. The van der Waals surface area contributed by atoms with Gasteiger partial charge in [0.15, 0.2) is 0 Å². The summed E-state index contributed by atoms with van der Waals surface area (Å²) >= 11 is 1.05. The maximum atomic E-state index is 12.6. The van der Waals surface area contributed by atoms with E-state index in [4.69, 9.17) is 4.74 Å². The van der Waals surface area contributed by atoms with Gasteiger partial charge >= 0.3 is 0 Å². The Hall–Kier alpha value is -1.75. The summed E-state index contributed by atoms with van der Waals surface area (Å²) in [6.45, 7) is 4.70. The Morgan fingerprint density at radius 3 is 2.54 bits per heavy atom. The van der Waals surface area contributed by atoms with Gasteiger partial charge in [0.05, 0.1) is 11.0 Å². The lowest BCUT2D eigenvalue weighted by molar-refractivity contribution is -0.123. The second-order valence-corrected chi connectivity index (χ2v) is 8.20. The van der Waals surface area contributed by atoms with Crippen LogP contribution in [0.4, 0.5) is 4.79 Å². The molecule has 0 bridgehead atoms. The zero-order valence-electron chi connectivity index (χ0n) is 15.6. The first kappa shape index (κ1) is 19.0. The molecule has 1 aromatic carbocycles. The molecule has 1 aromatic rings. The molecule has 1 aliphatic heterocycles. The first-order chi connectivity index (χ1) is 12.6. The van der Waals surface area contributed by atoms with E-state index in [1.165, 1.54) is 24.2 Å². The third-order valence-electron chi connectivity index (χ3n) is 5.13. The van der Waals surface area contributed by atoms with Gasteiger partial charge in [-0.1, -0.05) is 38.3 Å². The molecule has 5 heteroatoms. The van der Waals surface area contributed by atoms with Crippen molar-refractivity contribution in [2.45, 2.75) is 58.5 Å². The van der Waals surface area contributed by atoms with Gasteiger partial charge in [-0.15, -0.1) is 0 Å². The molecule has 0 radical (unpaired) electrons. The Labute approximate surface area is 160 Å². The predicted molar refractivity (Wildman–Crippen MR) is 106 cm³/mol. The average Bonchev–Trinajstić information content (AvgIpc) is 2.91. The smallest absolute Gasteiger partial charge is 0.293 e. The van der Waals surface area contributed by atoms with Crippen molar-refractivity contribution in [3.05, 3.63) is 34.7 Å². The van der Waals surface area contributed by atoms with Gasteiger partial charge in [-0.25, -0.2) is 0 Å². The summed E-state index contributed by atoms with van der Waals surface area (Å²) in [6, 6.07) is 7.66. The summed E-state index contributed by atoms with van der Waals surface area (Å²) in [7, 11) is 0. The fraction of sp³-hybridized carbons (Fsp3) is 0.524. The van der Waals surface area contributed by atoms with E-state index in [-0.39, 0.29) is 17.3 Å². The van der Waals surface area contributed by atoms with Gasteiger partial charge in [-0.05, 0) is 67.6 Å². The number of ether oxygens (including phenoxy) is 1. The molecule has 26 heavy (non-hydrogen) atoms. The van der Waals surface area contributed by atoms with Gasteiger partial charge in [0.2, 0.25) is 0 Å². The second-order valence-electron chi connectivity index (χ2n) is 7.20. The summed E-state index contributed by atoms with van der Waals surface area (Å²) in [4.78, 5) is 26.9. The van der Waals surface area contributed by atoms with Crippen molar-refractivity contribution in [1.82, 2.24) is 4.90 Å². The molecule has 0 N–H and O–H groups in total. The van der Waals surface area contributed by atoms with Crippen molar-refractivity contribution in [3.8, 4) is 5.75 Å². The van der Waals surface area contributed by atoms with E-state index in [1.807, 2.05) is 31.2 Å². The lowest BCUT2D eigenvalue weighted by atomic mass is 9.89. The van der Waals surface area contributed by atoms with Crippen LogP contribution in [0, 0.1) is 5.92 Å². The van der Waals surface area contributed by atoms with Gasteiger partial charge in [0.1, 0.15) is 5.75 Å². The summed E-state index contributed by atoms with van der Waals surface area (Å²) in [5.74, 6) is 1.14. The molecule has 2 aliphatic rings. The second kappa shape index (κ2) is 8.76. The highest BCUT2D eigenvalue weighted by molar-refractivity contribution is 8.18. The first-order valence-electron chi connectivity index (χ1n) is 9.59. The molecule has 1 heterocycles. The van der Waals surface area contributed by atoms with Crippen LogP contribution in [-0.4, -0.2) is 28.7 Å². The highest BCUT2D eigenvalue weighted by Crippen LogP contribution is 2.35. The number of hydrogen-bond acceptors (Lipinski definition) is 4. The average molecular weight is 374 g/mol. The minimum Gasteiger partial charge on any atom is -0.491 e. The lowest BCUT2D eigenvalue weighted by Crippen LogP contribution is -2.34. The molecule has 2 amide bonds. The third-order valence-corrected chi connectivity index (χ3v) is 6.04. The number of imide groups is 1. The van der Waals surface area contributed by atoms with Crippen molar-refractivity contribution >= 4 is 29.0 Å². The number of benzene rings is 1. The van der Waals surface area contributed by atoms with E-state index in [9.17, 15) is 9.59 Å². The molecular weight excluding hydrogens is 346 g/mol. The van der Waals surface area contributed by atoms with Crippen LogP contribution >= 0.6 is 11.8 Å². The minimum absolute atomic E-state index is 0.136. The van der Waals surface area contributed by atoms with Crippen molar-refractivity contribution in [3.63, 3.8) is 0 Å². The number of nitrogens with zero attached hydrogens (tertiary/aromatic N) is 1. The zero-order chi connectivity index (χ0) is 18.5. The highest BCUT2D eigenvalue weighted by Gasteiger charge is 2.36. The van der Waals surface area contributed by atoms with E-state index in [2.05, 4.69) is 6.92 Å². The molecule has 1 saturated carbocycles. The summed E-state index contributed by atoms with van der Waals surface area (Å²) in [5, 5.41) is -0.136. The molecule has 140 valence electrons. The Balaban J connectivity index is 1.65. The van der Waals surface area contributed by atoms with Gasteiger partial charge in [0, 0.05) is 6.54 Å². The van der Waals surface area contributed by atoms with Crippen molar-refractivity contribution in [2.75, 3.05) is 6.54 Å². The number of rotatable bonds is 6. The number of amides is 2. The topological polar surface area (TPSA) is 46.6 Å². The Bertz CT molecular complexity index is 677. The largest absolute Gasteiger partial charge is 0.491 e.